The zero-order chi connectivity index (χ0) is 30.3. The number of carbonyl (C=O) groups is 3. The van der Waals surface area contributed by atoms with Crippen LogP contribution in [0.2, 0.25) is 0 Å². The smallest absolute Gasteiger partial charge is 0.381 e. The van der Waals surface area contributed by atoms with E-state index in [9.17, 15) is 32.8 Å². The summed E-state index contributed by atoms with van der Waals surface area (Å²) in [6.45, 7) is 4.58. The lowest BCUT2D eigenvalue weighted by atomic mass is 9.82. The van der Waals surface area contributed by atoms with Gasteiger partial charge in [-0.2, -0.15) is 23.5 Å². The molecule has 1 saturated carbocycles. The fourth-order valence-corrected chi connectivity index (χ4v) is 5.86. The number of nitriles is 1. The maximum atomic E-state index is 14.1. The number of alkyl halides is 3. The molecule has 224 valence electrons. The summed E-state index contributed by atoms with van der Waals surface area (Å²) in [5.41, 5.74) is -0.552. The van der Waals surface area contributed by atoms with Crippen LogP contribution in [0.25, 0.3) is 0 Å². The molecule has 42 heavy (non-hydrogen) atoms. The van der Waals surface area contributed by atoms with E-state index in [-0.39, 0.29) is 29.8 Å². The fraction of sp³-hybridized carbons (Fsp3) is 0.552. The van der Waals surface area contributed by atoms with Crippen LogP contribution in [0.5, 0.6) is 0 Å². The molecule has 2 aromatic rings. The molecule has 1 saturated heterocycles. The molecule has 1 unspecified atom stereocenters. The van der Waals surface area contributed by atoms with Crippen molar-refractivity contribution in [3.8, 4) is 6.07 Å². The Kier molecular flexibility index (Phi) is 8.02. The van der Waals surface area contributed by atoms with Crippen molar-refractivity contribution in [2.24, 2.45) is 5.92 Å². The van der Waals surface area contributed by atoms with E-state index >= 15 is 0 Å². The molecule has 1 aliphatic carbocycles. The van der Waals surface area contributed by atoms with Crippen LogP contribution in [0.1, 0.15) is 83.5 Å². The molecule has 13 heteroatoms. The number of nitrogens with one attached hydrogen (secondary N) is 1. The molecular formula is C29H33F3N6O4. The van der Waals surface area contributed by atoms with Gasteiger partial charge in [0.15, 0.2) is 5.69 Å². The lowest BCUT2D eigenvalue weighted by Crippen LogP contribution is -2.56. The maximum Gasteiger partial charge on any atom is 0.416 e. The van der Waals surface area contributed by atoms with Gasteiger partial charge in [0.25, 0.3) is 17.7 Å². The predicted molar refractivity (Wildman–Crippen MR) is 145 cm³/mol. The van der Waals surface area contributed by atoms with Crippen LogP contribution in [-0.4, -0.2) is 71.3 Å². The second kappa shape index (κ2) is 11.4. The number of halogens is 3. The Morgan fingerprint density at radius 3 is 2.52 bits per heavy atom. The number of ether oxygens (including phenoxy) is 1. The van der Waals surface area contributed by atoms with E-state index < -0.39 is 47.5 Å². The van der Waals surface area contributed by atoms with Gasteiger partial charge < -0.3 is 15.0 Å². The van der Waals surface area contributed by atoms with E-state index in [2.05, 4.69) is 11.4 Å². The minimum atomic E-state index is -4.64. The molecule has 0 bridgehead atoms. The minimum Gasteiger partial charge on any atom is -0.381 e. The molecule has 0 spiro atoms. The molecule has 10 nitrogen and oxygen atoms in total. The van der Waals surface area contributed by atoms with Gasteiger partial charge >= 0.3 is 6.18 Å². The quantitative estimate of drug-likeness (QED) is 0.526. The van der Waals surface area contributed by atoms with Crippen LogP contribution in [-0.2, 0) is 15.7 Å². The third-order valence-corrected chi connectivity index (χ3v) is 8.41. The largest absolute Gasteiger partial charge is 0.416 e. The van der Waals surface area contributed by atoms with Crippen LogP contribution in [0.4, 0.5) is 19.0 Å². The number of rotatable bonds is 7. The van der Waals surface area contributed by atoms with Gasteiger partial charge in [-0.05, 0) is 63.6 Å². The van der Waals surface area contributed by atoms with Crippen molar-refractivity contribution >= 4 is 23.5 Å². The first-order valence-corrected chi connectivity index (χ1v) is 14.1. The molecule has 2 fully saturated rings. The Morgan fingerprint density at radius 2 is 1.93 bits per heavy atom. The number of carbonyl (C=O) groups excluding carboxylic acids is 3. The van der Waals surface area contributed by atoms with Gasteiger partial charge in [0.2, 0.25) is 0 Å². The summed E-state index contributed by atoms with van der Waals surface area (Å²) in [5, 5.41) is 17.0. The molecule has 3 atom stereocenters. The van der Waals surface area contributed by atoms with Gasteiger partial charge in [0.05, 0.1) is 17.7 Å². The molecule has 1 N–H and O–H groups in total. The topological polar surface area (TPSA) is 121 Å². The van der Waals surface area contributed by atoms with Gasteiger partial charge in [0.1, 0.15) is 17.9 Å². The van der Waals surface area contributed by atoms with Crippen LogP contribution in [0.15, 0.2) is 24.3 Å². The van der Waals surface area contributed by atoms with Gasteiger partial charge in [-0.15, -0.1) is 0 Å². The lowest BCUT2D eigenvalue weighted by molar-refractivity contribution is -0.137. The van der Waals surface area contributed by atoms with E-state index in [0.29, 0.717) is 37.4 Å². The Bertz CT molecular complexity index is 1420. The number of anilines is 1. The monoisotopic (exact) mass is 586 g/mol. The molecule has 1 aromatic carbocycles. The number of hydrogen-bond donors (Lipinski definition) is 1. The van der Waals surface area contributed by atoms with E-state index in [1.807, 2.05) is 0 Å². The second-order valence-corrected chi connectivity index (χ2v) is 11.1. The SMILES string of the molecule is CCN1C(=O)[C@@H](NC(=O)c2cccc(C(F)(F)F)c2)[C@@H](C2CC2)c2c(C(=O)N(C)C(C)C#N)nn(C3CCOCC3)c21. The van der Waals surface area contributed by atoms with E-state index in [0.717, 1.165) is 31.0 Å². The lowest BCUT2D eigenvalue weighted by Gasteiger charge is -2.39. The van der Waals surface area contributed by atoms with Crippen LogP contribution >= 0.6 is 0 Å². The molecular weight excluding hydrogens is 553 g/mol. The molecule has 0 radical (unpaired) electrons. The number of fused-ring (bicyclic) bond motifs is 1. The first-order chi connectivity index (χ1) is 20.0. The number of aromatic nitrogens is 2. The zero-order valence-corrected chi connectivity index (χ0v) is 23.6. The Labute approximate surface area is 241 Å². The second-order valence-electron chi connectivity index (χ2n) is 11.1. The van der Waals surface area contributed by atoms with Crippen LogP contribution < -0.4 is 10.2 Å². The van der Waals surface area contributed by atoms with E-state index in [1.165, 1.54) is 22.9 Å². The minimum absolute atomic E-state index is 0.0453. The highest BCUT2D eigenvalue weighted by molar-refractivity contribution is 6.07. The molecule has 3 heterocycles. The summed E-state index contributed by atoms with van der Waals surface area (Å²) < 4.78 is 47.3. The normalized spacial score (nSPS) is 21.8. The highest BCUT2D eigenvalue weighted by Crippen LogP contribution is 2.52. The first kappa shape index (κ1) is 29.6. The summed E-state index contributed by atoms with van der Waals surface area (Å²) in [6.07, 6.45) is -1.88. The third kappa shape index (κ3) is 5.35. The van der Waals surface area contributed by atoms with Crippen molar-refractivity contribution in [3.63, 3.8) is 0 Å². The average Bonchev–Trinajstić information content (AvgIpc) is 3.76. The fourth-order valence-electron chi connectivity index (χ4n) is 5.86. The number of nitrogens with zero attached hydrogens (tertiary/aromatic N) is 5. The van der Waals surface area contributed by atoms with Crippen molar-refractivity contribution in [2.75, 3.05) is 31.7 Å². The summed E-state index contributed by atoms with van der Waals surface area (Å²) in [4.78, 5) is 44.1. The van der Waals surface area contributed by atoms with Gasteiger partial charge in [-0.3, -0.25) is 19.3 Å². The molecule has 3 amide bonds. The van der Waals surface area contributed by atoms with Crippen LogP contribution in [0, 0.1) is 17.2 Å². The number of amides is 3. The van der Waals surface area contributed by atoms with Crippen molar-refractivity contribution in [3.05, 3.63) is 46.6 Å². The number of hydrogen-bond acceptors (Lipinski definition) is 6. The number of benzene rings is 1. The first-order valence-electron chi connectivity index (χ1n) is 14.1. The molecule has 3 aliphatic rings. The average molecular weight is 587 g/mol. The van der Waals surface area contributed by atoms with Crippen molar-refractivity contribution in [1.29, 1.82) is 5.26 Å². The van der Waals surface area contributed by atoms with E-state index in [4.69, 9.17) is 9.84 Å². The van der Waals surface area contributed by atoms with Crippen molar-refractivity contribution in [2.45, 2.75) is 69.8 Å². The van der Waals surface area contributed by atoms with Crippen molar-refractivity contribution in [1.82, 2.24) is 20.0 Å². The summed E-state index contributed by atoms with van der Waals surface area (Å²) in [7, 11) is 1.51. The maximum absolute atomic E-state index is 14.1. The van der Waals surface area contributed by atoms with Gasteiger partial charge in [-0.1, -0.05) is 6.07 Å². The number of likely N-dealkylation sites (N-methyl/N-ethyl adjacent to an activating group) is 1. The Morgan fingerprint density at radius 1 is 1.24 bits per heavy atom. The Balaban J connectivity index is 1.62. The highest BCUT2D eigenvalue weighted by Gasteiger charge is 2.52. The summed E-state index contributed by atoms with van der Waals surface area (Å²) in [6, 6.07) is 4.11. The third-order valence-electron chi connectivity index (χ3n) is 8.41. The van der Waals surface area contributed by atoms with Crippen LogP contribution in [0.3, 0.4) is 0 Å². The van der Waals surface area contributed by atoms with E-state index in [1.54, 1.807) is 18.5 Å². The van der Waals surface area contributed by atoms with Gasteiger partial charge in [-0.25, -0.2) is 4.68 Å². The van der Waals surface area contributed by atoms with Crippen molar-refractivity contribution < 1.29 is 32.3 Å². The molecule has 5 rings (SSSR count). The summed E-state index contributed by atoms with van der Waals surface area (Å²) in [5.74, 6) is -1.88. The highest BCUT2D eigenvalue weighted by atomic mass is 19.4. The standard InChI is InChI=1S/C29H33F3N6O4/c1-4-37-26-22(24(27(40)36(3)16(2)15-33)35-38(26)20-10-12-42-13-11-20)21(17-8-9-17)23(28(37)41)34-25(39)18-6-5-7-19(14-18)29(30,31)32/h5-7,14,16-17,20-21,23H,4,8-13H2,1-3H3,(H,34,39)/t16?,21-,23-/m0/s1. The Hall–Kier alpha value is -3.92. The summed E-state index contributed by atoms with van der Waals surface area (Å²) >= 11 is 0. The molecule has 1 aromatic heterocycles. The predicted octanol–water partition coefficient (Wildman–Crippen LogP) is 3.90. The van der Waals surface area contributed by atoms with Gasteiger partial charge in [0, 0.05) is 43.9 Å². The molecule has 2 aliphatic heterocycles. The zero-order valence-electron chi connectivity index (χ0n) is 23.6.